The third-order valence-electron chi connectivity index (χ3n) is 4.72. The molecule has 6 nitrogen and oxygen atoms in total. The number of nitrogens with zero attached hydrogens (tertiary/aromatic N) is 3. The van der Waals surface area contributed by atoms with Gasteiger partial charge in [-0.25, -0.2) is 23.7 Å². The first kappa shape index (κ1) is 22.4. The lowest BCUT2D eigenvalue weighted by Gasteiger charge is -2.14. The molecule has 2 heterocycles. The summed E-state index contributed by atoms with van der Waals surface area (Å²) in [5.74, 6) is -4.05. The highest BCUT2D eigenvalue weighted by Gasteiger charge is 2.22. The minimum Gasteiger partial charge on any atom is -0.435 e. The molecular formula is C23H18F3N5OS. The van der Waals surface area contributed by atoms with Crippen molar-refractivity contribution in [1.29, 1.82) is 0 Å². The van der Waals surface area contributed by atoms with Crippen molar-refractivity contribution in [3.05, 3.63) is 89.5 Å². The van der Waals surface area contributed by atoms with Crippen molar-refractivity contribution in [2.75, 3.05) is 10.5 Å². The molecule has 0 aliphatic carbocycles. The lowest BCUT2D eigenvalue weighted by atomic mass is 10.1. The molecule has 0 spiro atoms. The van der Waals surface area contributed by atoms with E-state index < -0.39 is 28.9 Å². The van der Waals surface area contributed by atoms with Gasteiger partial charge in [0.25, 0.3) is 0 Å². The van der Waals surface area contributed by atoms with Crippen LogP contribution >= 0.6 is 11.9 Å². The van der Waals surface area contributed by atoms with Crippen LogP contribution in [0.25, 0.3) is 11.3 Å². The summed E-state index contributed by atoms with van der Waals surface area (Å²) in [6.07, 6.45) is 2.83. The second-order valence-electron chi connectivity index (χ2n) is 6.93. The summed E-state index contributed by atoms with van der Waals surface area (Å²) in [6.45, 7) is 1.94. The highest BCUT2D eigenvalue weighted by atomic mass is 32.2. The fourth-order valence-corrected chi connectivity index (χ4v) is 3.88. The van der Waals surface area contributed by atoms with Gasteiger partial charge in [0, 0.05) is 24.2 Å². The average Bonchev–Trinajstić information content (AvgIpc) is 2.81. The van der Waals surface area contributed by atoms with Crippen LogP contribution in [0.5, 0.6) is 11.6 Å². The predicted octanol–water partition coefficient (Wildman–Crippen LogP) is 5.90. The van der Waals surface area contributed by atoms with Crippen LogP contribution in [-0.4, -0.2) is 15.0 Å². The number of aromatic nitrogens is 3. The van der Waals surface area contributed by atoms with E-state index in [9.17, 15) is 13.2 Å². The van der Waals surface area contributed by atoms with E-state index in [1.165, 1.54) is 12.4 Å². The molecule has 168 valence electrons. The molecule has 10 heteroatoms. The largest absolute Gasteiger partial charge is 0.435 e. The van der Waals surface area contributed by atoms with Crippen LogP contribution in [0.15, 0.2) is 60.9 Å². The van der Waals surface area contributed by atoms with E-state index in [0.717, 1.165) is 29.1 Å². The van der Waals surface area contributed by atoms with E-state index in [0.29, 0.717) is 17.0 Å². The standard InChI is InChI=1S/C23H18F3N5OS/c1-13-5-2-3-6-14(13)12-33-31-21-16(24)11-18(19(25)20(21)26)32-22-15(7-4-9-28-22)17-8-10-29-23(27)30-17/h2-11,31H,12H2,1H3,(H2,27,29,30). The molecule has 2 aromatic heterocycles. The number of anilines is 2. The van der Waals surface area contributed by atoms with E-state index in [1.54, 1.807) is 18.2 Å². The van der Waals surface area contributed by atoms with Crippen LogP contribution in [0.3, 0.4) is 0 Å². The normalized spacial score (nSPS) is 10.8. The third kappa shape index (κ3) is 5.01. The van der Waals surface area contributed by atoms with Gasteiger partial charge in [0.05, 0.1) is 11.3 Å². The number of rotatable bonds is 7. The molecule has 0 atom stereocenters. The first-order valence-electron chi connectivity index (χ1n) is 9.75. The Morgan fingerprint density at radius 2 is 1.82 bits per heavy atom. The Kier molecular flexibility index (Phi) is 6.64. The van der Waals surface area contributed by atoms with Crippen LogP contribution in [0.1, 0.15) is 11.1 Å². The fraction of sp³-hybridized carbons (Fsp3) is 0.0870. The summed E-state index contributed by atoms with van der Waals surface area (Å²) < 4.78 is 52.1. The summed E-state index contributed by atoms with van der Waals surface area (Å²) in [7, 11) is 0. The molecule has 2 aromatic carbocycles. The Hall–Kier alpha value is -3.79. The Bertz CT molecular complexity index is 1310. The summed E-state index contributed by atoms with van der Waals surface area (Å²) >= 11 is 1.05. The zero-order valence-electron chi connectivity index (χ0n) is 17.3. The molecule has 0 unspecified atom stereocenters. The molecule has 0 saturated carbocycles. The lowest BCUT2D eigenvalue weighted by Crippen LogP contribution is -2.03. The molecule has 0 fully saturated rings. The van der Waals surface area contributed by atoms with Crippen molar-refractivity contribution in [2.24, 2.45) is 0 Å². The van der Waals surface area contributed by atoms with Crippen molar-refractivity contribution < 1.29 is 17.9 Å². The van der Waals surface area contributed by atoms with E-state index in [-0.39, 0.29) is 11.8 Å². The molecular weight excluding hydrogens is 451 g/mol. The van der Waals surface area contributed by atoms with Gasteiger partial charge >= 0.3 is 0 Å². The number of hydrogen-bond acceptors (Lipinski definition) is 7. The van der Waals surface area contributed by atoms with Crippen molar-refractivity contribution in [1.82, 2.24) is 15.0 Å². The van der Waals surface area contributed by atoms with Gasteiger partial charge < -0.3 is 15.2 Å². The topological polar surface area (TPSA) is 86.0 Å². The Balaban J connectivity index is 1.57. The van der Waals surface area contributed by atoms with Crippen molar-refractivity contribution in [2.45, 2.75) is 12.7 Å². The average molecular weight is 469 g/mol. The SMILES string of the molecule is Cc1ccccc1CSNc1c(F)cc(Oc2ncccc2-c2ccnc(N)n2)c(F)c1F. The number of ether oxygens (including phenoxy) is 1. The maximum absolute atomic E-state index is 14.8. The number of pyridine rings is 1. The minimum atomic E-state index is -1.40. The van der Waals surface area contributed by atoms with Gasteiger partial charge in [0.2, 0.25) is 17.6 Å². The molecule has 0 aliphatic heterocycles. The summed E-state index contributed by atoms with van der Waals surface area (Å²) in [4.78, 5) is 11.9. The number of nitrogens with one attached hydrogen (secondary N) is 1. The maximum Gasteiger partial charge on any atom is 0.228 e. The highest BCUT2D eigenvalue weighted by molar-refractivity contribution is 7.99. The van der Waals surface area contributed by atoms with Crippen LogP contribution in [0.4, 0.5) is 24.8 Å². The Labute approximate surface area is 192 Å². The smallest absolute Gasteiger partial charge is 0.228 e. The number of nitrogens with two attached hydrogens (primary N) is 1. The molecule has 3 N–H and O–H groups in total. The van der Waals surface area contributed by atoms with Gasteiger partial charge in [-0.3, -0.25) is 0 Å². The first-order valence-corrected chi connectivity index (χ1v) is 10.7. The van der Waals surface area contributed by atoms with Crippen LogP contribution < -0.4 is 15.2 Å². The molecule has 4 rings (SSSR count). The first-order chi connectivity index (χ1) is 15.9. The van der Waals surface area contributed by atoms with Crippen LogP contribution in [-0.2, 0) is 5.75 Å². The third-order valence-corrected chi connectivity index (χ3v) is 5.52. The summed E-state index contributed by atoms with van der Waals surface area (Å²) in [5.41, 5.74) is 7.76. The van der Waals surface area contributed by atoms with Gasteiger partial charge in [0.1, 0.15) is 5.69 Å². The second kappa shape index (κ2) is 9.78. The molecule has 0 amide bonds. The van der Waals surface area contributed by atoms with E-state index in [4.69, 9.17) is 10.5 Å². The molecule has 0 aliphatic rings. The summed E-state index contributed by atoms with van der Waals surface area (Å²) in [6, 6.07) is 13.1. The predicted molar refractivity (Wildman–Crippen MR) is 122 cm³/mol. The van der Waals surface area contributed by atoms with Crippen molar-refractivity contribution in [3.63, 3.8) is 0 Å². The van der Waals surface area contributed by atoms with Gasteiger partial charge in [-0.15, -0.1) is 0 Å². The Morgan fingerprint density at radius 1 is 1.00 bits per heavy atom. The Morgan fingerprint density at radius 3 is 2.61 bits per heavy atom. The fourth-order valence-electron chi connectivity index (χ4n) is 2.99. The van der Waals surface area contributed by atoms with E-state index in [1.807, 2.05) is 31.2 Å². The number of hydrogen-bond donors (Lipinski definition) is 2. The molecule has 0 saturated heterocycles. The molecule has 4 aromatic rings. The minimum absolute atomic E-state index is 0.0178. The monoisotopic (exact) mass is 469 g/mol. The zero-order valence-corrected chi connectivity index (χ0v) is 18.2. The van der Waals surface area contributed by atoms with Crippen LogP contribution in [0.2, 0.25) is 0 Å². The number of aryl methyl sites for hydroxylation is 1. The van der Waals surface area contributed by atoms with Crippen molar-refractivity contribution >= 4 is 23.6 Å². The van der Waals surface area contributed by atoms with E-state index in [2.05, 4.69) is 19.7 Å². The van der Waals surface area contributed by atoms with E-state index >= 15 is 0 Å². The van der Waals surface area contributed by atoms with Crippen LogP contribution in [0, 0.1) is 24.4 Å². The number of halogens is 3. The number of nitrogen functional groups attached to an aromatic ring is 1. The van der Waals surface area contributed by atoms with Crippen molar-refractivity contribution in [3.8, 4) is 22.9 Å². The molecule has 0 radical (unpaired) electrons. The van der Waals surface area contributed by atoms with Gasteiger partial charge in [0.15, 0.2) is 17.4 Å². The lowest BCUT2D eigenvalue weighted by molar-refractivity contribution is 0.401. The maximum atomic E-state index is 14.8. The zero-order chi connectivity index (χ0) is 23.4. The van der Waals surface area contributed by atoms with Gasteiger partial charge in [-0.05, 0) is 48.2 Å². The highest BCUT2D eigenvalue weighted by Crippen LogP contribution is 2.36. The van der Waals surface area contributed by atoms with Gasteiger partial charge in [-0.2, -0.15) is 4.39 Å². The number of benzene rings is 2. The summed E-state index contributed by atoms with van der Waals surface area (Å²) in [5, 5.41) is 0. The molecule has 33 heavy (non-hydrogen) atoms. The molecule has 0 bridgehead atoms. The van der Waals surface area contributed by atoms with Gasteiger partial charge in [-0.1, -0.05) is 24.3 Å². The second-order valence-corrected chi connectivity index (χ2v) is 7.72. The quantitative estimate of drug-likeness (QED) is 0.257.